The third-order valence-electron chi connectivity index (χ3n) is 3.64. The third kappa shape index (κ3) is 2.70. The van der Waals surface area contributed by atoms with Crippen molar-refractivity contribution in [3.05, 3.63) is 22.7 Å². The van der Waals surface area contributed by atoms with E-state index in [1.807, 2.05) is 13.8 Å². The Morgan fingerprint density at radius 2 is 2.14 bits per heavy atom. The second-order valence-electron chi connectivity index (χ2n) is 5.87. The molecular formula is C15H17ClN2O4. The Balaban J connectivity index is 1.77. The number of amides is 3. The zero-order valence-electron chi connectivity index (χ0n) is 12.4. The Morgan fingerprint density at radius 3 is 2.86 bits per heavy atom. The molecule has 6 nitrogen and oxygen atoms in total. The van der Waals surface area contributed by atoms with E-state index in [-0.39, 0.29) is 25.3 Å². The average Bonchev–Trinajstić information content (AvgIpc) is 2.99. The molecule has 1 fully saturated rings. The van der Waals surface area contributed by atoms with E-state index in [0.717, 1.165) is 5.56 Å². The van der Waals surface area contributed by atoms with Crippen molar-refractivity contribution in [2.24, 2.45) is 5.92 Å². The van der Waals surface area contributed by atoms with Crippen LogP contribution in [0, 0.1) is 5.92 Å². The molecule has 22 heavy (non-hydrogen) atoms. The van der Waals surface area contributed by atoms with E-state index in [1.165, 1.54) is 4.90 Å². The van der Waals surface area contributed by atoms with Crippen molar-refractivity contribution in [1.82, 2.24) is 10.2 Å². The summed E-state index contributed by atoms with van der Waals surface area (Å²) < 4.78 is 10.5. The molecule has 0 unspecified atom stereocenters. The first-order valence-electron chi connectivity index (χ1n) is 7.15. The Hall–Kier alpha value is -1.95. The summed E-state index contributed by atoms with van der Waals surface area (Å²) in [5.74, 6) is 1.16. The van der Waals surface area contributed by atoms with Crippen molar-refractivity contribution >= 4 is 23.5 Å². The molecule has 1 aromatic carbocycles. The minimum Gasteiger partial charge on any atom is -0.454 e. The van der Waals surface area contributed by atoms with Crippen molar-refractivity contribution in [2.45, 2.75) is 32.9 Å². The van der Waals surface area contributed by atoms with Gasteiger partial charge in [0.25, 0.3) is 5.91 Å². The van der Waals surface area contributed by atoms with Gasteiger partial charge in [0.15, 0.2) is 11.5 Å². The first-order chi connectivity index (χ1) is 10.5. The van der Waals surface area contributed by atoms with Gasteiger partial charge in [-0.15, -0.1) is 0 Å². The largest absolute Gasteiger partial charge is 0.454 e. The fourth-order valence-corrected chi connectivity index (χ4v) is 2.94. The quantitative estimate of drug-likeness (QED) is 0.864. The van der Waals surface area contributed by atoms with Crippen LogP contribution in [0.1, 0.15) is 25.8 Å². The first-order valence-corrected chi connectivity index (χ1v) is 7.53. The highest BCUT2D eigenvalue weighted by Gasteiger charge is 2.38. The zero-order valence-corrected chi connectivity index (χ0v) is 13.1. The van der Waals surface area contributed by atoms with Gasteiger partial charge in [0, 0.05) is 0 Å². The highest BCUT2D eigenvalue weighted by Crippen LogP contribution is 2.40. The van der Waals surface area contributed by atoms with Crippen LogP contribution in [0.3, 0.4) is 0 Å². The molecule has 0 bridgehead atoms. The molecule has 0 radical (unpaired) electrons. The summed E-state index contributed by atoms with van der Waals surface area (Å²) in [6, 6.07) is 2.61. The number of nitrogens with zero attached hydrogens (tertiary/aromatic N) is 1. The fourth-order valence-electron chi connectivity index (χ4n) is 2.65. The highest BCUT2D eigenvalue weighted by atomic mass is 35.5. The van der Waals surface area contributed by atoms with Crippen LogP contribution in [0.15, 0.2) is 12.1 Å². The Bertz CT molecular complexity index is 632. The van der Waals surface area contributed by atoms with Gasteiger partial charge in [-0.1, -0.05) is 25.4 Å². The van der Waals surface area contributed by atoms with Gasteiger partial charge in [0.05, 0.1) is 11.6 Å². The highest BCUT2D eigenvalue weighted by molar-refractivity contribution is 6.32. The normalized spacial score (nSPS) is 20.0. The molecule has 1 saturated heterocycles. The molecule has 2 aliphatic rings. The maximum absolute atomic E-state index is 12.3. The lowest BCUT2D eigenvalue weighted by molar-refractivity contribution is -0.128. The SMILES string of the molecule is CC(C)C[C@H]1NC(=O)N(Cc2cc(Cl)c3c(c2)OCO3)C1=O. The number of carbonyl (C=O) groups is 2. The summed E-state index contributed by atoms with van der Waals surface area (Å²) in [6.07, 6.45) is 0.628. The predicted molar refractivity (Wildman–Crippen MR) is 79.9 cm³/mol. The second kappa shape index (κ2) is 5.68. The van der Waals surface area contributed by atoms with Gasteiger partial charge in [-0.05, 0) is 30.0 Å². The van der Waals surface area contributed by atoms with Crippen molar-refractivity contribution in [1.29, 1.82) is 0 Å². The van der Waals surface area contributed by atoms with Crippen LogP contribution in [-0.2, 0) is 11.3 Å². The van der Waals surface area contributed by atoms with Gasteiger partial charge in [0.1, 0.15) is 6.04 Å². The van der Waals surface area contributed by atoms with Crippen LogP contribution in [0.25, 0.3) is 0 Å². The maximum Gasteiger partial charge on any atom is 0.325 e. The first kappa shape index (κ1) is 15.0. The summed E-state index contributed by atoms with van der Waals surface area (Å²) in [4.78, 5) is 25.5. The number of hydrogen-bond acceptors (Lipinski definition) is 4. The average molecular weight is 325 g/mol. The summed E-state index contributed by atoms with van der Waals surface area (Å²) in [6.45, 7) is 4.31. The third-order valence-corrected chi connectivity index (χ3v) is 3.92. The van der Waals surface area contributed by atoms with E-state index in [2.05, 4.69) is 5.32 Å². The lowest BCUT2D eigenvalue weighted by atomic mass is 10.0. The van der Waals surface area contributed by atoms with Crippen molar-refractivity contribution in [3.8, 4) is 11.5 Å². The molecule has 0 aliphatic carbocycles. The molecule has 1 aromatic rings. The van der Waals surface area contributed by atoms with E-state index in [0.29, 0.717) is 28.9 Å². The molecule has 2 aliphatic heterocycles. The molecule has 0 spiro atoms. The number of carbonyl (C=O) groups excluding carboxylic acids is 2. The van der Waals surface area contributed by atoms with Crippen LogP contribution >= 0.6 is 11.6 Å². The van der Waals surface area contributed by atoms with Crippen molar-refractivity contribution < 1.29 is 19.1 Å². The molecule has 3 rings (SSSR count). The molecule has 0 aromatic heterocycles. The summed E-state index contributed by atoms with van der Waals surface area (Å²) in [5.41, 5.74) is 0.725. The van der Waals surface area contributed by atoms with Crippen LogP contribution in [0.4, 0.5) is 4.79 Å². The van der Waals surface area contributed by atoms with Gasteiger partial charge in [0.2, 0.25) is 6.79 Å². The lowest BCUT2D eigenvalue weighted by Crippen LogP contribution is -2.31. The zero-order chi connectivity index (χ0) is 15.9. The van der Waals surface area contributed by atoms with E-state index in [1.54, 1.807) is 12.1 Å². The van der Waals surface area contributed by atoms with Gasteiger partial charge in [-0.2, -0.15) is 0 Å². The number of imide groups is 1. The molecule has 1 atom stereocenters. The Kier molecular flexibility index (Phi) is 3.87. The maximum atomic E-state index is 12.3. The predicted octanol–water partition coefficient (Wildman–Crippen LogP) is 2.54. The standard InChI is InChI=1S/C15H17ClN2O4/c1-8(2)3-11-14(19)18(15(20)17-11)6-9-4-10(16)13-12(5-9)21-7-22-13/h4-5,8,11H,3,6-7H2,1-2H3,(H,17,20)/t11-/m1/s1. The fraction of sp³-hybridized carbons (Fsp3) is 0.467. The monoisotopic (exact) mass is 324 g/mol. The number of urea groups is 1. The number of hydrogen-bond donors (Lipinski definition) is 1. The van der Waals surface area contributed by atoms with Crippen LogP contribution in [-0.4, -0.2) is 29.7 Å². The van der Waals surface area contributed by atoms with Gasteiger partial charge in [-0.25, -0.2) is 4.79 Å². The summed E-state index contributed by atoms with van der Waals surface area (Å²) >= 11 is 6.12. The molecule has 118 valence electrons. The van der Waals surface area contributed by atoms with Crippen LogP contribution in [0.2, 0.25) is 5.02 Å². The number of fused-ring (bicyclic) bond motifs is 1. The van der Waals surface area contributed by atoms with E-state index in [9.17, 15) is 9.59 Å². The van der Waals surface area contributed by atoms with Gasteiger partial charge in [-0.3, -0.25) is 9.69 Å². The minimum atomic E-state index is -0.447. The number of rotatable bonds is 4. The van der Waals surface area contributed by atoms with Gasteiger partial charge < -0.3 is 14.8 Å². The molecule has 2 heterocycles. The number of benzene rings is 1. The Labute approximate surface area is 133 Å². The van der Waals surface area contributed by atoms with Crippen LogP contribution < -0.4 is 14.8 Å². The van der Waals surface area contributed by atoms with Crippen LogP contribution in [0.5, 0.6) is 11.5 Å². The number of nitrogens with one attached hydrogen (secondary N) is 1. The van der Waals surface area contributed by atoms with Crippen molar-refractivity contribution in [2.75, 3.05) is 6.79 Å². The van der Waals surface area contributed by atoms with Gasteiger partial charge >= 0.3 is 6.03 Å². The second-order valence-corrected chi connectivity index (χ2v) is 6.27. The molecule has 7 heteroatoms. The number of halogens is 1. The Morgan fingerprint density at radius 1 is 1.36 bits per heavy atom. The lowest BCUT2D eigenvalue weighted by Gasteiger charge is -2.14. The number of ether oxygens (including phenoxy) is 2. The summed E-state index contributed by atoms with van der Waals surface area (Å²) in [7, 11) is 0. The summed E-state index contributed by atoms with van der Waals surface area (Å²) in [5, 5.41) is 3.13. The topological polar surface area (TPSA) is 67.9 Å². The molecule has 3 amide bonds. The van der Waals surface area contributed by atoms with Crippen molar-refractivity contribution in [3.63, 3.8) is 0 Å². The molecule has 0 saturated carbocycles. The smallest absolute Gasteiger partial charge is 0.325 e. The van der Waals surface area contributed by atoms with E-state index >= 15 is 0 Å². The molecule has 1 N–H and O–H groups in total. The van der Waals surface area contributed by atoms with E-state index < -0.39 is 6.04 Å². The molecular weight excluding hydrogens is 308 g/mol. The van der Waals surface area contributed by atoms with E-state index in [4.69, 9.17) is 21.1 Å². The minimum absolute atomic E-state index is 0.123.